The van der Waals surface area contributed by atoms with Crippen molar-refractivity contribution in [3.05, 3.63) is 69.3 Å². The van der Waals surface area contributed by atoms with Crippen LogP contribution in [0.1, 0.15) is 36.0 Å². The number of carbonyl (C=O) groups is 1. The van der Waals surface area contributed by atoms with Crippen molar-refractivity contribution >= 4 is 11.6 Å². The van der Waals surface area contributed by atoms with Crippen LogP contribution in [0.25, 0.3) is 0 Å². The number of hydrogen-bond acceptors (Lipinski definition) is 4. The lowest BCUT2D eigenvalue weighted by atomic mass is 10.1. The minimum absolute atomic E-state index is 0.0229. The normalized spacial score (nSPS) is 10.4. The lowest BCUT2D eigenvalue weighted by molar-refractivity contribution is -0.385. The molecule has 0 atom stereocenters. The van der Waals surface area contributed by atoms with Crippen LogP contribution in [0.15, 0.2) is 42.5 Å². The van der Waals surface area contributed by atoms with Crippen LogP contribution in [0.4, 0.5) is 5.69 Å². The highest BCUT2D eigenvalue weighted by Crippen LogP contribution is 2.19. The van der Waals surface area contributed by atoms with Crippen LogP contribution in [-0.2, 0) is 11.3 Å². The topological polar surface area (TPSA) is 81.5 Å². The predicted octanol–water partition coefficient (Wildman–Crippen LogP) is 4.08. The van der Waals surface area contributed by atoms with E-state index in [1.54, 1.807) is 18.2 Å². The number of carbonyl (C=O) groups excluding carboxylic acids is 1. The summed E-state index contributed by atoms with van der Waals surface area (Å²) in [6.45, 7) is 4.75. The maximum Gasteiger partial charge on any atom is 0.274 e. The third kappa shape index (κ3) is 5.88. The largest absolute Gasteiger partial charge is 0.493 e. The Labute approximate surface area is 153 Å². The van der Waals surface area contributed by atoms with Gasteiger partial charge in [0.1, 0.15) is 5.75 Å². The van der Waals surface area contributed by atoms with Crippen LogP contribution in [-0.4, -0.2) is 17.4 Å². The monoisotopic (exact) mass is 356 g/mol. The van der Waals surface area contributed by atoms with E-state index < -0.39 is 4.92 Å². The molecule has 0 aliphatic heterocycles. The first-order valence-corrected chi connectivity index (χ1v) is 8.66. The van der Waals surface area contributed by atoms with Crippen molar-refractivity contribution in [1.82, 2.24) is 5.32 Å². The summed E-state index contributed by atoms with van der Waals surface area (Å²) in [7, 11) is 0. The number of benzene rings is 2. The van der Waals surface area contributed by atoms with Crippen molar-refractivity contribution in [2.75, 3.05) is 6.61 Å². The number of nitrogens with zero attached hydrogens (tertiary/aromatic N) is 1. The van der Waals surface area contributed by atoms with Crippen LogP contribution in [0.2, 0.25) is 0 Å². The second-order valence-electron chi connectivity index (χ2n) is 6.24. The number of hydrogen-bond donors (Lipinski definition) is 1. The molecule has 0 saturated heterocycles. The van der Waals surface area contributed by atoms with Crippen molar-refractivity contribution in [2.45, 2.75) is 39.7 Å². The Morgan fingerprint density at radius 2 is 1.92 bits per heavy atom. The SMILES string of the molecule is Cc1ccc(C)c(OCCCCC(=O)NCc2ccccc2[N+](=O)[O-])c1. The van der Waals surface area contributed by atoms with Gasteiger partial charge in [0.2, 0.25) is 5.91 Å². The van der Waals surface area contributed by atoms with Crippen LogP contribution in [0.5, 0.6) is 5.75 Å². The second-order valence-corrected chi connectivity index (χ2v) is 6.24. The number of nitrogens with one attached hydrogen (secondary N) is 1. The highest BCUT2D eigenvalue weighted by atomic mass is 16.6. The molecule has 2 aromatic rings. The average molecular weight is 356 g/mol. The summed E-state index contributed by atoms with van der Waals surface area (Å²) in [6, 6.07) is 12.5. The van der Waals surface area contributed by atoms with Crippen molar-refractivity contribution in [1.29, 1.82) is 0 Å². The van der Waals surface area contributed by atoms with E-state index in [2.05, 4.69) is 5.32 Å². The lowest BCUT2D eigenvalue weighted by Gasteiger charge is -2.10. The maximum absolute atomic E-state index is 11.9. The number of amides is 1. The van der Waals surface area contributed by atoms with Crippen molar-refractivity contribution in [3.8, 4) is 5.75 Å². The molecule has 0 fully saturated rings. The van der Waals surface area contributed by atoms with Gasteiger partial charge in [-0.3, -0.25) is 14.9 Å². The Bertz CT molecular complexity index is 774. The maximum atomic E-state index is 11.9. The summed E-state index contributed by atoms with van der Waals surface area (Å²) < 4.78 is 5.76. The van der Waals surface area contributed by atoms with Gasteiger partial charge < -0.3 is 10.1 Å². The summed E-state index contributed by atoms with van der Waals surface area (Å²) in [4.78, 5) is 22.4. The van der Waals surface area contributed by atoms with Gasteiger partial charge in [-0.2, -0.15) is 0 Å². The number of unbranched alkanes of at least 4 members (excludes halogenated alkanes) is 1. The molecule has 26 heavy (non-hydrogen) atoms. The summed E-state index contributed by atoms with van der Waals surface area (Å²) in [5, 5.41) is 13.7. The first-order chi connectivity index (χ1) is 12.5. The Morgan fingerprint density at radius 3 is 2.69 bits per heavy atom. The molecule has 6 heteroatoms. The summed E-state index contributed by atoms with van der Waals surface area (Å²) >= 11 is 0. The van der Waals surface area contributed by atoms with Gasteiger partial charge in [-0.1, -0.05) is 30.3 Å². The lowest BCUT2D eigenvalue weighted by Crippen LogP contribution is -2.23. The van der Waals surface area contributed by atoms with E-state index in [1.807, 2.05) is 32.0 Å². The van der Waals surface area contributed by atoms with E-state index in [9.17, 15) is 14.9 Å². The fourth-order valence-electron chi connectivity index (χ4n) is 2.55. The zero-order chi connectivity index (χ0) is 18.9. The van der Waals surface area contributed by atoms with E-state index >= 15 is 0 Å². The van der Waals surface area contributed by atoms with E-state index in [-0.39, 0.29) is 18.1 Å². The van der Waals surface area contributed by atoms with Gasteiger partial charge in [0, 0.05) is 24.6 Å². The van der Waals surface area contributed by atoms with Crippen LogP contribution in [0, 0.1) is 24.0 Å². The van der Waals surface area contributed by atoms with Gasteiger partial charge in [0.05, 0.1) is 11.5 Å². The molecule has 0 bridgehead atoms. The Balaban J connectivity index is 1.68. The van der Waals surface area contributed by atoms with Crippen LogP contribution in [0.3, 0.4) is 0 Å². The number of aryl methyl sites for hydroxylation is 2. The predicted molar refractivity (Wildman–Crippen MR) is 100 cm³/mol. The van der Waals surface area contributed by atoms with Gasteiger partial charge in [-0.05, 0) is 43.9 Å². The number of nitro groups is 1. The number of ether oxygens (including phenoxy) is 1. The fraction of sp³-hybridized carbons (Fsp3) is 0.350. The fourth-order valence-corrected chi connectivity index (χ4v) is 2.55. The molecule has 0 radical (unpaired) electrons. The van der Waals surface area contributed by atoms with E-state index in [1.165, 1.54) is 6.07 Å². The Kier molecular flexibility index (Phi) is 7.14. The van der Waals surface area contributed by atoms with Gasteiger partial charge in [0.25, 0.3) is 5.69 Å². The zero-order valence-electron chi connectivity index (χ0n) is 15.2. The smallest absolute Gasteiger partial charge is 0.274 e. The Hall–Kier alpha value is -2.89. The van der Waals surface area contributed by atoms with E-state index in [4.69, 9.17) is 4.74 Å². The third-order valence-electron chi connectivity index (χ3n) is 4.06. The molecular formula is C20H24N2O4. The minimum atomic E-state index is -0.438. The molecule has 1 N–H and O–H groups in total. The van der Waals surface area contributed by atoms with Crippen LogP contribution < -0.4 is 10.1 Å². The summed E-state index contributed by atoms with van der Waals surface area (Å²) in [5.74, 6) is 0.765. The standard InChI is InChI=1S/C20H24N2O4/c1-15-10-11-16(2)19(13-15)26-12-6-5-9-20(23)21-14-17-7-3-4-8-18(17)22(24)25/h3-4,7-8,10-11,13H,5-6,9,12,14H2,1-2H3,(H,21,23). The molecule has 2 aromatic carbocycles. The van der Waals surface area contributed by atoms with Crippen LogP contribution >= 0.6 is 0 Å². The molecule has 6 nitrogen and oxygen atoms in total. The van der Waals surface area contributed by atoms with Gasteiger partial charge >= 0.3 is 0 Å². The van der Waals surface area contributed by atoms with Crippen molar-refractivity contribution in [2.24, 2.45) is 0 Å². The molecule has 138 valence electrons. The van der Waals surface area contributed by atoms with Gasteiger partial charge in [-0.15, -0.1) is 0 Å². The average Bonchev–Trinajstić information content (AvgIpc) is 2.62. The Morgan fingerprint density at radius 1 is 1.15 bits per heavy atom. The molecular weight excluding hydrogens is 332 g/mol. The third-order valence-corrected chi connectivity index (χ3v) is 4.06. The van der Waals surface area contributed by atoms with Gasteiger partial charge in [-0.25, -0.2) is 0 Å². The molecule has 0 saturated carbocycles. The number of nitro benzene ring substituents is 1. The van der Waals surface area contributed by atoms with Gasteiger partial charge in [0.15, 0.2) is 0 Å². The highest BCUT2D eigenvalue weighted by molar-refractivity contribution is 5.75. The number of rotatable bonds is 9. The molecule has 2 rings (SSSR count). The second kappa shape index (κ2) is 9.56. The van der Waals surface area contributed by atoms with E-state index in [0.717, 1.165) is 23.3 Å². The molecule has 0 aliphatic rings. The first kappa shape index (κ1) is 19.4. The molecule has 1 amide bonds. The highest BCUT2D eigenvalue weighted by Gasteiger charge is 2.12. The zero-order valence-corrected chi connectivity index (χ0v) is 15.2. The molecule has 0 unspecified atom stereocenters. The first-order valence-electron chi connectivity index (χ1n) is 8.66. The van der Waals surface area contributed by atoms with Crippen molar-refractivity contribution < 1.29 is 14.5 Å². The molecule has 0 aromatic heterocycles. The van der Waals surface area contributed by atoms with Crippen molar-refractivity contribution in [3.63, 3.8) is 0 Å². The minimum Gasteiger partial charge on any atom is -0.493 e. The molecule has 0 heterocycles. The summed E-state index contributed by atoms with van der Waals surface area (Å²) in [6.07, 6.45) is 1.84. The van der Waals surface area contributed by atoms with E-state index in [0.29, 0.717) is 25.0 Å². The molecule has 0 spiro atoms. The quantitative estimate of drug-likeness (QED) is 0.417. The molecule has 0 aliphatic carbocycles. The summed E-state index contributed by atoms with van der Waals surface area (Å²) in [5.41, 5.74) is 2.77. The number of para-hydroxylation sites is 1.